The van der Waals surface area contributed by atoms with Gasteiger partial charge in [0.15, 0.2) is 0 Å². The van der Waals surface area contributed by atoms with Crippen molar-refractivity contribution in [2.75, 3.05) is 13.1 Å². The van der Waals surface area contributed by atoms with Gasteiger partial charge in [0.2, 0.25) is 17.6 Å². The molecule has 6 nitrogen and oxygen atoms in total. The first kappa shape index (κ1) is 20.0. The number of nitrogens with one attached hydrogen (secondary N) is 1. The third-order valence-corrected chi connectivity index (χ3v) is 5.53. The lowest BCUT2D eigenvalue weighted by Gasteiger charge is -2.30. The van der Waals surface area contributed by atoms with Crippen molar-refractivity contribution in [1.29, 1.82) is 0 Å². The maximum atomic E-state index is 12.4. The third kappa shape index (κ3) is 5.62. The molecule has 146 valence electrons. The standard InChI is InChI=1S/C20H27BrN4O2/c1-3-4-14(2)22-20(26)16-9-11-25(12-10-16)13-18-23-19(24-27-18)15-5-7-17(21)8-6-15/h5-8,14,16H,3-4,9-13H2,1-2H3,(H,22,26). The Hall–Kier alpha value is -1.73. The summed E-state index contributed by atoms with van der Waals surface area (Å²) in [6, 6.07) is 8.10. The van der Waals surface area contributed by atoms with Gasteiger partial charge in [-0.25, -0.2) is 0 Å². The zero-order chi connectivity index (χ0) is 19.2. The molecule has 1 amide bonds. The van der Waals surface area contributed by atoms with Gasteiger partial charge in [-0.05, 0) is 63.5 Å². The molecule has 1 fully saturated rings. The Labute approximate surface area is 168 Å². The van der Waals surface area contributed by atoms with Crippen LogP contribution in [0.5, 0.6) is 0 Å². The molecule has 1 aliphatic rings. The van der Waals surface area contributed by atoms with Gasteiger partial charge in [0, 0.05) is 22.0 Å². The highest BCUT2D eigenvalue weighted by Crippen LogP contribution is 2.22. The van der Waals surface area contributed by atoms with Gasteiger partial charge in [0.1, 0.15) is 0 Å². The largest absolute Gasteiger partial charge is 0.353 e. The molecule has 27 heavy (non-hydrogen) atoms. The summed E-state index contributed by atoms with van der Waals surface area (Å²) in [6.45, 7) is 6.59. The van der Waals surface area contributed by atoms with Gasteiger partial charge < -0.3 is 9.84 Å². The molecule has 1 saturated heterocycles. The predicted molar refractivity (Wildman–Crippen MR) is 108 cm³/mol. The summed E-state index contributed by atoms with van der Waals surface area (Å²) in [6.07, 6.45) is 3.87. The number of carbonyl (C=O) groups excluding carboxylic acids is 1. The average molecular weight is 435 g/mol. The second kappa shape index (κ2) is 9.46. The molecule has 1 atom stereocenters. The fourth-order valence-corrected chi connectivity index (χ4v) is 3.71. The van der Waals surface area contributed by atoms with Crippen LogP contribution < -0.4 is 5.32 Å². The molecular weight excluding hydrogens is 408 g/mol. The van der Waals surface area contributed by atoms with Crippen molar-refractivity contribution in [1.82, 2.24) is 20.4 Å². The Morgan fingerprint density at radius 3 is 2.70 bits per heavy atom. The van der Waals surface area contributed by atoms with E-state index < -0.39 is 0 Å². The van der Waals surface area contributed by atoms with E-state index in [-0.39, 0.29) is 17.9 Å². The van der Waals surface area contributed by atoms with Crippen LogP contribution in [0.15, 0.2) is 33.3 Å². The van der Waals surface area contributed by atoms with Crippen LogP contribution in [0, 0.1) is 5.92 Å². The van der Waals surface area contributed by atoms with Crippen molar-refractivity contribution in [3.05, 3.63) is 34.6 Å². The maximum Gasteiger partial charge on any atom is 0.241 e. The van der Waals surface area contributed by atoms with Crippen LogP contribution in [-0.4, -0.2) is 40.1 Å². The molecule has 7 heteroatoms. The quantitative estimate of drug-likeness (QED) is 0.712. The SMILES string of the molecule is CCCC(C)NC(=O)C1CCN(Cc2nc(-c3ccc(Br)cc3)no2)CC1. The number of likely N-dealkylation sites (tertiary alicyclic amines) is 1. The van der Waals surface area contributed by atoms with E-state index in [9.17, 15) is 4.79 Å². The Morgan fingerprint density at radius 2 is 2.04 bits per heavy atom. The summed E-state index contributed by atoms with van der Waals surface area (Å²) in [7, 11) is 0. The van der Waals surface area contributed by atoms with Crippen molar-refractivity contribution < 1.29 is 9.32 Å². The van der Waals surface area contributed by atoms with Crippen LogP contribution in [0.2, 0.25) is 0 Å². The Balaban J connectivity index is 1.48. The minimum absolute atomic E-state index is 0.113. The van der Waals surface area contributed by atoms with Crippen LogP contribution >= 0.6 is 15.9 Å². The first-order valence-electron chi connectivity index (χ1n) is 9.66. The van der Waals surface area contributed by atoms with E-state index in [1.54, 1.807) is 0 Å². The third-order valence-electron chi connectivity index (χ3n) is 5.00. The summed E-state index contributed by atoms with van der Waals surface area (Å²) in [5.41, 5.74) is 0.935. The monoisotopic (exact) mass is 434 g/mol. The summed E-state index contributed by atoms with van der Waals surface area (Å²) in [5.74, 6) is 1.54. The number of rotatable bonds is 7. The first-order chi connectivity index (χ1) is 13.0. The van der Waals surface area contributed by atoms with Gasteiger partial charge in [-0.15, -0.1) is 0 Å². The molecule has 0 bridgehead atoms. The highest BCUT2D eigenvalue weighted by molar-refractivity contribution is 9.10. The van der Waals surface area contributed by atoms with E-state index in [0.29, 0.717) is 18.3 Å². The van der Waals surface area contributed by atoms with Crippen LogP contribution in [-0.2, 0) is 11.3 Å². The van der Waals surface area contributed by atoms with Gasteiger partial charge in [-0.3, -0.25) is 9.69 Å². The summed E-state index contributed by atoms with van der Waals surface area (Å²) in [4.78, 5) is 19.1. The second-order valence-electron chi connectivity index (χ2n) is 7.27. The number of aromatic nitrogens is 2. The van der Waals surface area contributed by atoms with Crippen LogP contribution in [0.4, 0.5) is 0 Å². The zero-order valence-corrected chi connectivity index (χ0v) is 17.5. The number of carbonyl (C=O) groups is 1. The Morgan fingerprint density at radius 1 is 1.33 bits per heavy atom. The van der Waals surface area contributed by atoms with Crippen molar-refractivity contribution in [3.63, 3.8) is 0 Å². The minimum Gasteiger partial charge on any atom is -0.353 e. The molecule has 1 aromatic heterocycles. The molecule has 1 N–H and O–H groups in total. The van der Waals surface area contributed by atoms with E-state index in [4.69, 9.17) is 4.52 Å². The Bertz CT molecular complexity index is 739. The fraction of sp³-hybridized carbons (Fsp3) is 0.550. The number of halogens is 1. The Kier molecular flexibility index (Phi) is 7.01. The molecule has 2 aromatic rings. The molecule has 0 spiro atoms. The molecule has 2 heterocycles. The summed E-state index contributed by atoms with van der Waals surface area (Å²) >= 11 is 3.43. The van der Waals surface area contributed by atoms with E-state index in [1.165, 1.54) is 0 Å². The molecule has 3 rings (SSSR count). The minimum atomic E-state index is 0.113. The number of piperidine rings is 1. The van der Waals surface area contributed by atoms with E-state index >= 15 is 0 Å². The normalized spacial score (nSPS) is 17.0. The van der Waals surface area contributed by atoms with Crippen molar-refractivity contribution >= 4 is 21.8 Å². The number of hydrogen-bond acceptors (Lipinski definition) is 5. The van der Waals surface area contributed by atoms with Gasteiger partial charge in [0.25, 0.3) is 0 Å². The van der Waals surface area contributed by atoms with Crippen molar-refractivity contribution in [2.45, 2.75) is 52.1 Å². The van der Waals surface area contributed by atoms with Gasteiger partial charge in [-0.2, -0.15) is 4.98 Å². The van der Waals surface area contributed by atoms with Crippen LogP contribution in [0.1, 0.15) is 45.4 Å². The van der Waals surface area contributed by atoms with Crippen molar-refractivity contribution in [3.8, 4) is 11.4 Å². The lowest BCUT2D eigenvalue weighted by atomic mass is 9.95. The maximum absolute atomic E-state index is 12.4. The van der Waals surface area contributed by atoms with E-state index in [1.807, 2.05) is 24.3 Å². The number of amides is 1. The van der Waals surface area contributed by atoms with Gasteiger partial charge in [0.05, 0.1) is 6.54 Å². The number of hydrogen-bond donors (Lipinski definition) is 1. The summed E-state index contributed by atoms with van der Waals surface area (Å²) in [5, 5.41) is 7.22. The molecular formula is C20H27BrN4O2. The topological polar surface area (TPSA) is 71.3 Å². The lowest BCUT2D eigenvalue weighted by molar-refractivity contribution is -0.127. The molecule has 1 aromatic carbocycles. The average Bonchev–Trinajstić information content (AvgIpc) is 3.11. The molecule has 0 radical (unpaired) electrons. The predicted octanol–water partition coefficient (Wildman–Crippen LogP) is 4.02. The highest BCUT2D eigenvalue weighted by Gasteiger charge is 2.26. The van der Waals surface area contributed by atoms with E-state index in [2.05, 4.69) is 50.1 Å². The number of nitrogens with zero attached hydrogens (tertiary/aromatic N) is 3. The van der Waals surface area contributed by atoms with Crippen LogP contribution in [0.25, 0.3) is 11.4 Å². The highest BCUT2D eigenvalue weighted by atomic mass is 79.9. The smallest absolute Gasteiger partial charge is 0.241 e. The van der Waals surface area contributed by atoms with E-state index in [0.717, 1.165) is 48.8 Å². The molecule has 1 aliphatic heterocycles. The van der Waals surface area contributed by atoms with Crippen LogP contribution in [0.3, 0.4) is 0 Å². The van der Waals surface area contributed by atoms with Gasteiger partial charge >= 0.3 is 0 Å². The van der Waals surface area contributed by atoms with Crippen molar-refractivity contribution in [2.24, 2.45) is 5.92 Å². The van der Waals surface area contributed by atoms with Gasteiger partial charge in [-0.1, -0.05) is 34.4 Å². The molecule has 0 saturated carbocycles. The fourth-order valence-electron chi connectivity index (χ4n) is 3.45. The molecule has 1 unspecified atom stereocenters. The first-order valence-corrected chi connectivity index (χ1v) is 10.5. The summed E-state index contributed by atoms with van der Waals surface area (Å²) < 4.78 is 6.43. The second-order valence-corrected chi connectivity index (χ2v) is 8.18. The number of benzene rings is 1. The zero-order valence-electron chi connectivity index (χ0n) is 15.9. The molecule has 0 aliphatic carbocycles. The lowest BCUT2D eigenvalue weighted by Crippen LogP contribution is -2.42.